The third-order valence-electron chi connectivity index (χ3n) is 15.1. The van der Waals surface area contributed by atoms with Gasteiger partial charge >= 0.3 is 5.97 Å². The summed E-state index contributed by atoms with van der Waals surface area (Å²) in [4.78, 5) is 27.5. The van der Waals surface area contributed by atoms with Crippen LogP contribution in [0.5, 0.6) is 17.2 Å². The minimum absolute atomic E-state index is 0.0197. The minimum atomic E-state index is -1.61. The number of ether oxygens (including phenoxy) is 11. The quantitative estimate of drug-likeness (QED) is 0.131. The van der Waals surface area contributed by atoms with E-state index >= 15 is 0 Å². The molecule has 0 radical (unpaired) electrons. The van der Waals surface area contributed by atoms with Gasteiger partial charge in [-0.3, -0.25) is 4.79 Å². The van der Waals surface area contributed by atoms with Crippen molar-refractivity contribution in [3.63, 3.8) is 0 Å². The molecule has 23 atom stereocenters. The Balaban J connectivity index is 1.01. The highest BCUT2D eigenvalue weighted by molar-refractivity contribution is 6.11. The highest BCUT2D eigenvalue weighted by Gasteiger charge is 2.51. The van der Waals surface area contributed by atoms with Gasteiger partial charge in [0.25, 0.3) is 0 Å². The lowest BCUT2D eigenvalue weighted by Gasteiger charge is -2.46. The lowest BCUT2D eigenvalue weighted by molar-refractivity contribution is -0.334. The number of benzene rings is 2. The largest absolute Gasteiger partial charge is 0.507 e. The molecular weight excluding hydrogens is 957 g/mol. The summed E-state index contributed by atoms with van der Waals surface area (Å²) < 4.78 is 65.9. The average Bonchev–Trinajstić information content (AvgIpc) is 3.29. The second-order valence-electron chi connectivity index (χ2n) is 20.5. The van der Waals surface area contributed by atoms with E-state index in [1.807, 2.05) is 0 Å². The Bertz CT molecular complexity index is 2250. The molecule has 0 spiro atoms. The fourth-order valence-corrected chi connectivity index (χ4v) is 10.9. The van der Waals surface area contributed by atoms with Crippen LogP contribution in [0.4, 0.5) is 0 Å². The van der Waals surface area contributed by atoms with E-state index in [1.54, 1.807) is 34.6 Å². The van der Waals surface area contributed by atoms with Crippen LogP contribution in [0.25, 0.3) is 10.8 Å². The summed E-state index contributed by atoms with van der Waals surface area (Å²) in [6.45, 7) is 10.9. The molecule has 5 saturated heterocycles. The monoisotopic (exact) mass is 1030 g/mol. The first-order valence-corrected chi connectivity index (χ1v) is 24.5. The molecule has 5 fully saturated rings. The van der Waals surface area contributed by atoms with Gasteiger partial charge in [0.2, 0.25) is 6.29 Å². The van der Waals surface area contributed by atoms with Crippen molar-refractivity contribution in [3.8, 4) is 17.2 Å². The Labute approximate surface area is 415 Å². The highest BCUT2D eigenvalue weighted by atomic mass is 16.7. The van der Waals surface area contributed by atoms with E-state index in [-0.39, 0.29) is 71.7 Å². The predicted octanol–water partition coefficient (Wildman–Crippen LogP) is 0.525. The van der Waals surface area contributed by atoms with Crippen LogP contribution < -0.4 is 4.74 Å². The van der Waals surface area contributed by atoms with Crippen LogP contribution in [0.15, 0.2) is 12.1 Å². The fraction of sp³-hybridized carbons (Fsp3) is 0.755. The van der Waals surface area contributed by atoms with Crippen LogP contribution in [0.3, 0.4) is 0 Å². The van der Waals surface area contributed by atoms with Gasteiger partial charge in [0, 0.05) is 50.7 Å². The number of aromatic hydroxyl groups is 2. The first-order chi connectivity index (χ1) is 33.9. The fourth-order valence-electron chi connectivity index (χ4n) is 10.9. The number of phenols is 2. The van der Waals surface area contributed by atoms with E-state index in [2.05, 4.69) is 0 Å². The van der Waals surface area contributed by atoms with E-state index in [0.29, 0.717) is 0 Å². The number of fused-ring (bicyclic) bond motifs is 2. The van der Waals surface area contributed by atoms with Gasteiger partial charge in [-0.15, -0.1) is 0 Å². The standard InChI is InChI=1S/C49H70O23/c1-17-27(68-32-13-28(40(53)19(3)64-32)69-31-12-26(50)39(52)18(2)63-31)11-24-9-23-10-25(46(62-8)48(59)60)45(44(57)37(23)43(56)36(24)38(17)51)72-34-15-29(41(54)21(5)66-34)70-33-14-30(42(55)20(4)65-33)71-35-16-49(7,61)47(58)22(6)67-35/h9,11,18-22,25-26,28-35,39-42,45-47,50-56,58,61H,10,12-16H2,1-8H3,(H,59,60)/t18?,19?,20?,21?,22?,25-,26?,28?,29?,30?,31?,32?,33?,34?,35?,39?,40?,41?,42?,45+,46?,47?,49?/m1/s1. The molecule has 72 heavy (non-hydrogen) atoms. The number of hydrogen-bond acceptors (Lipinski definition) is 22. The number of ketones is 1. The van der Waals surface area contributed by atoms with Crippen LogP contribution >= 0.6 is 0 Å². The van der Waals surface area contributed by atoms with E-state index in [1.165, 1.54) is 33.1 Å². The third kappa shape index (κ3) is 11.0. The van der Waals surface area contributed by atoms with E-state index in [9.17, 15) is 60.7 Å². The Kier molecular flexibility index (Phi) is 16.5. The van der Waals surface area contributed by atoms with E-state index < -0.39 is 164 Å². The Hall–Kier alpha value is -3.44. The van der Waals surface area contributed by atoms with Gasteiger partial charge < -0.3 is 103 Å². The number of carboxylic acids is 1. The number of carbonyl (C=O) groups excluding carboxylic acids is 1. The van der Waals surface area contributed by atoms with Gasteiger partial charge in [-0.1, -0.05) is 0 Å². The maximum atomic E-state index is 14.7. The number of Topliss-reactive ketones (excluding diaryl/α,β-unsaturated/α-hetero) is 1. The van der Waals surface area contributed by atoms with Crippen molar-refractivity contribution < 1.29 is 113 Å². The lowest BCUT2D eigenvalue weighted by Crippen LogP contribution is -2.58. The number of aliphatic carboxylic acids is 1. The maximum absolute atomic E-state index is 14.7. The molecule has 2 aromatic carbocycles. The van der Waals surface area contributed by atoms with Crippen molar-refractivity contribution >= 4 is 22.5 Å². The van der Waals surface area contributed by atoms with Crippen molar-refractivity contribution in [2.75, 3.05) is 7.11 Å². The summed E-state index contributed by atoms with van der Waals surface area (Å²) in [5, 5.41) is 109. The zero-order valence-corrected chi connectivity index (χ0v) is 41.4. The normalized spacial score (nSPS) is 43.3. The molecule has 0 amide bonds. The topological polar surface area (TPSA) is 338 Å². The summed E-state index contributed by atoms with van der Waals surface area (Å²) >= 11 is 0. The SMILES string of the molecule is COC(C(=O)O)[C@@H]1Cc2cc3cc(OC4CC(OC5CC(O)C(O)C(C)O5)C(O)C(C)O4)c(C)c(O)c3c(O)c2C(=O)[C@H]1OC1CC(OC2CC(OC3CC(C)(O)C(O)C(C)O3)C(O)C(C)O2)C(O)C(C)O1. The van der Waals surface area contributed by atoms with E-state index in [0.717, 1.165) is 0 Å². The Morgan fingerprint density at radius 3 is 1.69 bits per heavy atom. The molecule has 0 bridgehead atoms. The minimum Gasteiger partial charge on any atom is -0.507 e. The van der Waals surface area contributed by atoms with Crippen LogP contribution in [0.1, 0.15) is 95.1 Å². The number of aliphatic hydroxyl groups excluding tert-OH is 6. The van der Waals surface area contributed by atoms with Crippen molar-refractivity contribution in [3.05, 3.63) is 28.8 Å². The number of rotatable bonds is 13. The highest BCUT2D eigenvalue weighted by Crippen LogP contribution is 2.47. The van der Waals surface area contributed by atoms with Crippen LogP contribution in [0, 0.1) is 12.8 Å². The number of phenolic OH excluding ortho intramolecular Hbond substituents is 2. The Morgan fingerprint density at radius 2 is 1.17 bits per heavy atom. The smallest absolute Gasteiger partial charge is 0.333 e. The summed E-state index contributed by atoms with van der Waals surface area (Å²) in [6, 6.07) is 3.05. The summed E-state index contributed by atoms with van der Waals surface area (Å²) in [6.07, 6.45) is -23.0. The van der Waals surface area contributed by atoms with Gasteiger partial charge in [-0.2, -0.15) is 0 Å². The first kappa shape index (κ1) is 54.8. The molecule has 2 aromatic rings. The molecule has 21 unspecified atom stereocenters. The molecule has 1 aliphatic carbocycles. The van der Waals surface area contributed by atoms with Gasteiger partial charge in [-0.05, 0) is 78.0 Å². The molecule has 23 heteroatoms. The third-order valence-corrected chi connectivity index (χ3v) is 15.1. The Morgan fingerprint density at radius 1 is 0.681 bits per heavy atom. The molecule has 0 aromatic heterocycles. The zero-order valence-electron chi connectivity index (χ0n) is 41.4. The average molecular weight is 1030 g/mol. The summed E-state index contributed by atoms with van der Waals surface area (Å²) in [5.41, 5.74) is -1.39. The second-order valence-corrected chi connectivity index (χ2v) is 20.5. The molecule has 5 aliphatic heterocycles. The summed E-state index contributed by atoms with van der Waals surface area (Å²) in [7, 11) is 1.17. The van der Waals surface area contributed by atoms with E-state index in [4.69, 9.17) is 52.1 Å². The van der Waals surface area contributed by atoms with Gasteiger partial charge in [-0.25, -0.2) is 4.79 Å². The zero-order chi connectivity index (χ0) is 52.4. The molecule has 404 valence electrons. The second kappa shape index (κ2) is 21.7. The number of methoxy groups -OCH3 is 1. The maximum Gasteiger partial charge on any atom is 0.333 e. The first-order valence-electron chi connectivity index (χ1n) is 24.5. The van der Waals surface area contributed by atoms with Crippen LogP contribution in [0.2, 0.25) is 0 Å². The van der Waals surface area contributed by atoms with Crippen LogP contribution in [-0.4, -0.2) is 205 Å². The van der Waals surface area contributed by atoms with Gasteiger partial charge in [0.05, 0.1) is 71.5 Å². The van der Waals surface area contributed by atoms with Crippen molar-refractivity contribution in [2.45, 2.75) is 222 Å². The van der Waals surface area contributed by atoms with Crippen molar-refractivity contribution in [1.29, 1.82) is 0 Å². The molecule has 8 rings (SSSR count). The number of hydrogen-bond donors (Lipinski definition) is 10. The predicted molar refractivity (Wildman–Crippen MR) is 244 cm³/mol. The molecule has 10 N–H and O–H groups in total. The van der Waals surface area contributed by atoms with Crippen molar-refractivity contribution in [1.82, 2.24) is 0 Å². The number of carboxylic acid groups (broad SMARTS) is 1. The molecular formula is C49H70O23. The van der Waals surface area contributed by atoms with Crippen molar-refractivity contribution in [2.24, 2.45) is 5.92 Å². The molecule has 6 aliphatic rings. The summed E-state index contributed by atoms with van der Waals surface area (Å²) in [5.74, 6) is -4.37. The molecule has 0 saturated carbocycles. The number of aliphatic hydroxyl groups is 7. The molecule has 5 heterocycles. The van der Waals surface area contributed by atoms with Gasteiger partial charge in [0.15, 0.2) is 37.0 Å². The number of carbonyl (C=O) groups is 2. The van der Waals surface area contributed by atoms with Gasteiger partial charge in [0.1, 0.15) is 53.9 Å². The lowest BCUT2D eigenvalue weighted by atomic mass is 9.76. The molecule has 23 nitrogen and oxygen atoms in total. The van der Waals surface area contributed by atoms with Crippen LogP contribution in [-0.2, 0) is 58.6 Å².